The molecule has 2 saturated heterocycles. The average molecular weight is 391 g/mol. The highest BCUT2D eigenvalue weighted by atomic mass is 16.5. The lowest BCUT2D eigenvalue weighted by Gasteiger charge is -2.35. The van der Waals surface area contributed by atoms with Crippen LogP contribution in [0.5, 0.6) is 17.2 Å². The Labute approximate surface area is 165 Å². The van der Waals surface area contributed by atoms with Gasteiger partial charge in [0, 0.05) is 51.3 Å². The van der Waals surface area contributed by atoms with Crippen molar-refractivity contribution in [1.29, 1.82) is 0 Å². The standard InChI is InChI=1S/C20H29N3O5/c1-5-21-6-8-22(9-7-21)20(25)14-10-18(24)23(13-14)15-11-16(26-2)19(28-4)17(12-15)27-3/h11-12,14H,5-10,13H2,1-4H3. The van der Waals surface area contributed by atoms with Gasteiger partial charge in [-0.15, -0.1) is 0 Å². The lowest BCUT2D eigenvalue weighted by atomic mass is 10.1. The van der Waals surface area contributed by atoms with Gasteiger partial charge in [-0.3, -0.25) is 9.59 Å². The maximum Gasteiger partial charge on any atom is 0.228 e. The average Bonchev–Trinajstić information content (AvgIpc) is 3.13. The van der Waals surface area contributed by atoms with E-state index in [1.165, 1.54) is 21.3 Å². The van der Waals surface area contributed by atoms with Crippen molar-refractivity contribution in [2.24, 2.45) is 5.92 Å². The van der Waals surface area contributed by atoms with Crippen LogP contribution >= 0.6 is 0 Å². The Bertz CT molecular complexity index is 706. The zero-order valence-corrected chi connectivity index (χ0v) is 17.1. The van der Waals surface area contributed by atoms with Crippen LogP contribution in [0.15, 0.2) is 12.1 Å². The van der Waals surface area contributed by atoms with Crippen molar-refractivity contribution < 1.29 is 23.8 Å². The van der Waals surface area contributed by atoms with Gasteiger partial charge in [-0.05, 0) is 6.54 Å². The van der Waals surface area contributed by atoms with Gasteiger partial charge in [-0.2, -0.15) is 0 Å². The summed E-state index contributed by atoms with van der Waals surface area (Å²) in [4.78, 5) is 31.4. The third-order valence-electron chi connectivity index (χ3n) is 5.57. The molecule has 0 bridgehead atoms. The van der Waals surface area contributed by atoms with E-state index < -0.39 is 0 Å². The van der Waals surface area contributed by atoms with Crippen LogP contribution in [-0.2, 0) is 9.59 Å². The quantitative estimate of drug-likeness (QED) is 0.726. The predicted molar refractivity (Wildman–Crippen MR) is 105 cm³/mol. The molecule has 3 rings (SSSR count). The minimum atomic E-state index is -0.320. The van der Waals surface area contributed by atoms with E-state index in [2.05, 4.69) is 11.8 Å². The van der Waals surface area contributed by atoms with E-state index in [1.54, 1.807) is 17.0 Å². The van der Waals surface area contributed by atoms with Gasteiger partial charge in [0.05, 0.1) is 32.9 Å². The van der Waals surface area contributed by atoms with Crippen molar-refractivity contribution in [1.82, 2.24) is 9.80 Å². The van der Waals surface area contributed by atoms with Gasteiger partial charge in [0.1, 0.15) is 0 Å². The molecule has 2 amide bonds. The summed E-state index contributed by atoms with van der Waals surface area (Å²) in [6.07, 6.45) is 0.226. The topological polar surface area (TPSA) is 71.6 Å². The summed E-state index contributed by atoms with van der Waals surface area (Å²) in [6.45, 7) is 6.72. The van der Waals surface area contributed by atoms with Crippen molar-refractivity contribution >= 4 is 17.5 Å². The molecule has 1 aromatic carbocycles. The molecule has 1 atom stereocenters. The lowest BCUT2D eigenvalue weighted by molar-refractivity contribution is -0.137. The first-order chi connectivity index (χ1) is 13.5. The fraction of sp³-hybridized carbons (Fsp3) is 0.600. The number of hydrogen-bond donors (Lipinski definition) is 0. The number of carbonyl (C=O) groups is 2. The van der Waals surface area contributed by atoms with E-state index in [4.69, 9.17) is 14.2 Å². The number of anilines is 1. The second-order valence-electron chi connectivity index (χ2n) is 7.05. The summed E-state index contributed by atoms with van der Waals surface area (Å²) in [7, 11) is 4.61. The second kappa shape index (κ2) is 8.68. The van der Waals surface area contributed by atoms with Crippen LogP contribution < -0.4 is 19.1 Å². The Hall–Kier alpha value is -2.48. The third kappa shape index (κ3) is 3.87. The van der Waals surface area contributed by atoms with Gasteiger partial charge in [0.2, 0.25) is 17.6 Å². The number of likely N-dealkylation sites (N-methyl/N-ethyl adjacent to an activating group) is 1. The molecule has 0 N–H and O–H groups in total. The maximum absolute atomic E-state index is 12.9. The number of hydrogen-bond acceptors (Lipinski definition) is 6. The number of piperazine rings is 1. The van der Waals surface area contributed by atoms with Crippen LogP contribution in [0.4, 0.5) is 5.69 Å². The molecule has 1 unspecified atom stereocenters. The molecular weight excluding hydrogens is 362 g/mol. The molecule has 0 aliphatic carbocycles. The van der Waals surface area contributed by atoms with Gasteiger partial charge in [0.15, 0.2) is 11.5 Å². The summed E-state index contributed by atoms with van der Waals surface area (Å²) in [5, 5.41) is 0. The molecule has 1 aromatic rings. The van der Waals surface area contributed by atoms with Gasteiger partial charge >= 0.3 is 0 Å². The summed E-state index contributed by atoms with van der Waals surface area (Å²) < 4.78 is 16.1. The summed E-state index contributed by atoms with van der Waals surface area (Å²) >= 11 is 0. The highest BCUT2D eigenvalue weighted by Crippen LogP contribution is 2.42. The molecule has 2 aliphatic heterocycles. The molecule has 0 radical (unpaired) electrons. The molecular formula is C20H29N3O5. The van der Waals surface area contributed by atoms with Gasteiger partial charge in [0.25, 0.3) is 0 Å². The lowest BCUT2D eigenvalue weighted by Crippen LogP contribution is -2.50. The zero-order valence-electron chi connectivity index (χ0n) is 17.1. The van der Waals surface area contributed by atoms with Crippen LogP contribution in [0.3, 0.4) is 0 Å². The minimum Gasteiger partial charge on any atom is -0.493 e. The molecule has 0 aromatic heterocycles. The zero-order chi connectivity index (χ0) is 20.3. The predicted octanol–water partition coefficient (Wildman–Crippen LogP) is 1.23. The van der Waals surface area contributed by atoms with Crippen molar-refractivity contribution in [2.75, 3.05) is 65.5 Å². The van der Waals surface area contributed by atoms with E-state index in [1.807, 2.05) is 4.90 Å². The van der Waals surface area contributed by atoms with E-state index in [0.717, 1.165) is 32.7 Å². The molecule has 2 heterocycles. The van der Waals surface area contributed by atoms with Crippen LogP contribution in [0.2, 0.25) is 0 Å². The first kappa shape index (κ1) is 20.3. The fourth-order valence-electron chi connectivity index (χ4n) is 3.89. The van der Waals surface area contributed by atoms with Gasteiger partial charge in [-0.25, -0.2) is 0 Å². The molecule has 0 spiro atoms. The van der Waals surface area contributed by atoms with Crippen molar-refractivity contribution in [2.45, 2.75) is 13.3 Å². The third-order valence-corrected chi connectivity index (χ3v) is 5.57. The summed E-state index contributed by atoms with van der Waals surface area (Å²) in [5.74, 6) is 1.12. The van der Waals surface area contributed by atoms with E-state index in [9.17, 15) is 9.59 Å². The SMILES string of the molecule is CCN1CCN(C(=O)C2CC(=O)N(c3cc(OC)c(OC)c(OC)c3)C2)CC1. The fourth-order valence-corrected chi connectivity index (χ4v) is 3.89. The first-order valence-corrected chi connectivity index (χ1v) is 9.63. The highest BCUT2D eigenvalue weighted by molar-refractivity contribution is 6.00. The van der Waals surface area contributed by atoms with Crippen LogP contribution in [0.25, 0.3) is 0 Å². The van der Waals surface area contributed by atoms with Crippen LogP contribution in [0, 0.1) is 5.92 Å². The summed E-state index contributed by atoms with van der Waals surface area (Å²) in [5.41, 5.74) is 0.644. The summed E-state index contributed by atoms with van der Waals surface area (Å²) in [6, 6.07) is 3.48. The van der Waals surface area contributed by atoms with Crippen LogP contribution in [-0.4, -0.2) is 82.2 Å². The minimum absolute atomic E-state index is 0.0686. The van der Waals surface area contributed by atoms with Gasteiger partial charge in [-0.1, -0.05) is 6.92 Å². The van der Waals surface area contributed by atoms with Crippen molar-refractivity contribution in [3.05, 3.63) is 12.1 Å². The highest BCUT2D eigenvalue weighted by Gasteiger charge is 2.38. The molecule has 28 heavy (non-hydrogen) atoms. The normalized spacial score (nSPS) is 20.4. The maximum atomic E-state index is 12.9. The number of benzene rings is 1. The number of methoxy groups -OCH3 is 3. The Morgan fingerprint density at radius 2 is 1.64 bits per heavy atom. The Kier molecular flexibility index (Phi) is 6.28. The van der Waals surface area contributed by atoms with E-state index in [-0.39, 0.29) is 24.2 Å². The first-order valence-electron chi connectivity index (χ1n) is 9.63. The van der Waals surface area contributed by atoms with E-state index in [0.29, 0.717) is 29.5 Å². The molecule has 8 heteroatoms. The largest absolute Gasteiger partial charge is 0.493 e. The Balaban J connectivity index is 1.75. The molecule has 8 nitrogen and oxygen atoms in total. The van der Waals surface area contributed by atoms with Gasteiger partial charge < -0.3 is 28.9 Å². The smallest absolute Gasteiger partial charge is 0.228 e. The van der Waals surface area contributed by atoms with Crippen molar-refractivity contribution in [3.63, 3.8) is 0 Å². The number of amides is 2. The molecule has 2 fully saturated rings. The second-order valence-corrected chi connectivity index (χ2v) is 7.05. The van der Waals surface area contributed by atoms with Crippen molar-refractivity contribution in [3.8, 4) is 17.2 Å². The monoisotopic (exact) mass is 391 g/mol. The Morgan fingerprint density at radius 3 is 2.14 bits per heavy atom. The number of ether oxygens (including phenoxy) is 3. The van der Waals surface area contributed by atoms with E-state index >= 15 is 0 Å². The molecule has 2 aliphatic rings. The van der Waals surface area contributed by atoms with Crippen LogP contribution in [0.1, 0.15) is 13.3 Å². The molecule has 0 saturated carbocycles. The molecule has 154 valence electrons. The number of rotatable bonds is 6. The number of nitrogens with zero attached hydrogens (tertiary/aromatic N) is 3. The Morgan fingerprint density at radius 1 is 1.04 bits per heavy atom. The number of carbonyl (C=O) groups excluding carboxylic acids is 2.